The van der Waals surface area contributed by atoms with Gasteiger partial charge >= 0.3 is 0 Å². The predicted molar refractivity (Wildman–Crippen MR) is 68.3 cm³/mol. The largest absolute Gasteiger partial charge is 0.508 e. The molecule has 1 heterocycles. The van der Waals surface area contributed by atoms with Gasteiger partial charge in [0.2, 0.25) is 0 Å². The summed E-state index contributed by atoms with van der Waals surface area (Å²) in [6.45, 7) is 1.39. The lowest BCUT2D eigenvalue weighted by Crippen LogP contribution is -2.49. The molecule has 104 valence electrons. The number of phenolic OH excluding ortho intramolecular Hbond substituents is 1. The van der Waals surface area contributed by atoms with Crippen LogP contribution in [0, 0.1) is 0 Å². The van der Waals surface area contributed by atoms with Gasteiger partial charge in [0.25, 0.3) is 5.91 Å². The number of carbonyl (C=O) groups excluding carboxylic acids is 1. The second-order valence-corrected chi connectivity index (χ2v) is 4.45. The Kier molecular flexibility index (Phi) is 3.92. The molecule has 0 fully saturated rings. The summed E-state index contributed by atoms with van der Waals surface area (Å²) in [7, 11) is 0. The lowest BCUT2D eigenvalue weighted by molar-refractivity contribution is -0.126. The van der Waals surface area contributed by atoms with Crippen LogP contribution in [-0.2, 0) is 4.79 Å². The monoisotopic (exact) mass is 267 g/mol. The average Bonchev–Trinajstić information content (AvgIpc) is 2.41. The van der Waals surface area contributed by atoms with Crippen molar-refractivity contribution in [3.05, 3.63) is 18.2 Å². The predicted octanol–water partition coefficient (Wildman–Crippen LogP) is 0.249. The molecule has 6 nitrogen and oxygen atoms in total. The molecular weight excluding hydrogens is 250 g/mol. The Hall–Kier alpha value is -1.79. The van der Waals surface area contributed by atoms with E-state index in [0.717, 1.165) is 0 Å². The van der Waals surface area contributed by atoms with Gasteiger partial charge in [-0.15, -0.1) is 0 Å². The van der Waals surface area contributed by atoms with Gasteiger partial charge in [0.05, 0.1) is 24.9 Å². The molecule has 0 bridgehead atoms. The summed E-state index contributed by atoms with van der Waals surface area (Å²) in [5.41, 5.74) is 0.486. The molecule has 1 aliphatic rings. The molecule has 0 spiro atoms. The van der Waals surface area contributed by atoms with Crippen LogP contribution < -0.4 is 9.64 Å². The standard InChI is InChI=1S/C13H17NO5/c1-2-11-13(18)14(6-9(17)7-15)10-4-3-8(16)5-12(10)19-11/h3-5,9,11,15-17H,2,6-7H2,1H3. The Balaban J connectivity index is 2.37. The summed E-state index contributed by atoms with van der Waals surface area (Å²) in [6.07, 6.45) is -1.17. The summed E-state index contributed by atoms with van der Waals surface area (Å²) in [5.74, 6) is 0.190. The normalized spacial score (nSPS) is 19.8. The van der Waals surface area contributed by atoms with E-state index in [0.29, 0.717) is 17.9 Å². The van der Waals surface area contributed by atoms with E-state index in [-0.39, 0.29) is 18.2 Å². The average molecular weight is 267 g/mol. The molecule has 2 atom stereocenters. The maximum atomic E-state index is 12.2. The van der Waals surface area contributed by atoms with E-state index in [1.807, 2.05) is 6.92 Å². The highest BCUT2D eigenvalue weighted by atomic mass is 16.5. The molecule has 19 heavy (non-hydrogen) atoms. The van der Waals surface area contributed by atoms with E-state index in [2.05, 4.69) is 0 Å². The van der Waals surface area contributed by atoms with E-state index < -0.39 is 18.8 Å². The zero-order valence-corrected chi connectivity index (χ0v) is 10.6. The van der Waals surface area contributed by atoms with Crippen molar-refractivity contribution in [1.29, 1.82) is 0 Å². The fourth-order valence-corrected chi connectivity index (χ4v) is 2.03. The highest BCUT2D eigenvalue weighted by Gasteiger charge is 2.34. The first-order valence-electron chi connectivity index (χ1n) is 6.16. The molecule has 2 rings (SSSR count). The minimum absolute atomic E-state index is 0.00698. The van der Waals surface area contributed by atoms with Crippen molar-refractivity contribution in [2.45, 2.75) is 25.6 Å². The molecule has 0 aliphatic carbocycles. The number of aliphatic hydroxyl groups is 2. The lowest BCUT2D eigenvalue weighted by Gasteiger charge is -2.34. The summed E-state index contributed by atoms with van der Waals surface area (Å²) in [4.78, 5) is 13.6. The van der Waals surface area contributed by atoms with Crippen LogP contribution in [0.2, 0.25) is 0 Å². The molecule has 0 radical (unpaired) electrons. The van der Waals surface area contributed by atoms with Crippen molar-refractivity contribution in [2.24, 2.45) is 0 Å². The number of phenols is 1. The zero-order valence-electron chi connectivity index (χ0n) is 10.6. The van der Waals surface area contributed by atoms with Gasteiger partial charge in [-0.1, -0.05) is 6.92 Å². The summed E-state index contributed by atoms with van der Waals surface area (Å²) in [6, 6.07) is 4.43. The van der Waals surface area contributed by atoms with Crippen LogP contribution in [0.25, 0.3) is 0 Å². The Morgan fingerprint density at radius 1 is 1.47 bits per heavy atom. The fraction of sp³-hybridized carbons (Fsp3) is 0.462. The number of anilines is 1. The van der Waals surface area contributed by atoms with Gasteiger partial charge in [0.15, 0.2) is 6.10 Å². The first-order valence-corrected chi connectivity index (χ1v) is 6.16. The molecule has 0 saturated carbocycles. The zero-order chi connectivity index (χ0) is 14.0. The quantitative estimate of drug-likeness (QED) is 0.727. The first-order chi connectivity index (χ1) is 9.06. The second-order valence-electron chi connectivity index (χ2n) is 4.45. The number of aromatic hydroxyl groups is 1. The Labute approximate surface area is 110 Å². The van der Waals surface area contributed by atoms with Crippen LogP contribution in [0.4, 0.5) is 5.69 Å². The van der Waals surface area contributed by atoms with Crippen molar-refractivity contribution in [1.82, 2.24) is 0 Å². The molecule has 0 aromatic heterocycles. The van der Waals surface area contributed by atoms with Gasteiger partial charge in [-0.05, 0) is 18.6 Å². The summed E-state index contributed by atoms with van der Waals surface area (Å²) >= 11 is 0. The van der Waals surface area contributed by atoms with Gasteiger partial charge < -0.3 is 25.0 Å². The van der Waals surface area contributed by atoms with Crippen molar-refractivity contribution in [2.75, 3.05) is 18.1 Å². The van der Waals surface area contributed by atoms with Crippen molar-refractivity contribution in [3.8, 4) is 11.5 Å². The number of amides is 1. The first kappa shape index (κ1) is 13.6. The van der Waals surface area contributed by atoms with Crippen LogP contribution in [-0.4, -0.2) is 46.6 Å². The number of rotatable bonds is 4. The molecular formula is C13H17NO5. The maximum Gasteiger partial charge on any atom is 0.268 e. The molecule has 1 aromatic rings. The number of benzene rings is 1. The number of hydrogen-bond donors (Lipinski definition) is 3. The smallest absolute Gasteiger partial charge is 0.268 e. The molecule has 1 aliphatic heterocycles. The molecule has 2 unspecified atom stereocenters. The van der Waals surface area contributed by atoms with E-state index >= 15 is 0 Å². The number of carbonyl (C=O) groups is 1. The van der Waals surface area contributed by atoms with Gasteiger partial charge in [-0.3, -0.25) is 4.79 Å². The van der Waals surface area contributed by atoms with Gasteiger partial charge in [0, 0.05) is 6.07 Å². The lowest BCUT2D eigenvalue weighted by atomic mass is 10.1. The topological polar surface area (TPSA) is 90.2 Å². The molecule has 6 heteroatoms. The fourth-order valence-electron chi connectivity index (χ4n) is 2.03. The van der Waals surface area contributed by atoms with E-state index in [9.17, 15) is 15.0 Å². The van der Waals surface area contributed by atoms with Crippen LogP contribution in [0.15, 0.2) is 18.2 Å². The minimum atomic E-state index is -1.01. The molecule has 0 saturated heterocycles. The third kappa shape index (κ3) is 2.64. The molecule has 1 amide bonds. The Morgan fingerprint density at radius 3 is 2.84 bits per heavy atom. The number of fused-ring (bicyclic) bond motifs is 1. The molecule has 1 aromatic carbocycles. The van der Waals surface area contributed by atoms with Crippen LogP contribution in [0.3, 0.4) is 0 Å². The van der Waals surface area contributed by atoms with E-state index in [4.69, 9.17) is 9.84 Å². The second kappa shape index (κ2) is 5.46. The van der Waals surface area contributed by atoms with Gasteiger partial charge in [0.1, 0.15) is 11.5 Å². The highest BCUT2D eigenvalue weighted by Crippen LogP contribution is 2.37. The molecule has 3 N–H and O–H groups in total. The highest BCUT2D eigenvalue weighted by molar-refractivity contribution is 6.00. The van der Waals surface area contributed by atoms with Crippen LogP contribution in [0.5, 0.6) is 11.5 Å². The third-order valence-electron chi connectivity index (χ3n) is 3.02. The Morgan fingerprint density at radius 2 is 2.21 bits per heavy atom. The van der Waals surface area contributed by atoms with Crippen molar-refractivity contribution < 1.29 is 24.9 Å². The van der Waals surface area contributed by atoms with Crippen molar-refractivity contribution >= 4 is 11.6 Å². The summed E-state index contributed by atoms with van der Waals surface area (Å²) < 4.78 is 5.52. The number of nitrogens with zero attached hydrogens (tertiary/aromatic N) is 1. The van der Waals surface area contributed by atoms with Gasteiger partial charge in [-0.2, -0.15) is 0 Å². The van der Waals surface area contributed by atoms with Crippen LogP contribution in [0.1, 0.15) is 13.3 Å². The Bertz CT molecular complexity index is 476. The van der Waals surface area contributed by atoms with Crippen LogP contribution >= 0.6 is 0 Å². The third-order valence-corrected chi connectivity index (χ3v) is 3.02. The summed E-state index contributed by atoms with van der Waals surface area (Å²) in [5, 5.41) is 27.9. The van der Waals surface area contributed by atoms with E-state index in [1.54, 1.807) is 6.07 Å². The SMILES string of the molecule is CCC1Oc2cc(O)ccc2N(CC(O)CO)C1=O. The van der Waals surface area contributed by atoms with E-state index in [1.165, 1.54) is 17.0 Å². The maximum absolute atomic E-state index is 12.2. The number of β-amino-alcohol motifs (C(OH)–C–C–N with tert-alkyl or cyclic N) is 1. The van der Waals surface area contributed by atoms with Crippen molar-refractivity contribution in [3.63, 3.8) is 0 Å². The number of hydrogen-bond acceptors (Lipinski definition) is 5. The number of ether oxygens (including phenoxy) is 1. The minimum Gasteiger partial charge on any atom is -0.508 e. The number of aliphatic hydroxyl groups excluding tert-OH is 2. The van der Waals surface area contributed by atoms with Gasteiger partial charge in [-0.25, -0.2) is 0 Å².